The van der Waals surface area contributed by atoms with Gasteiger partial charge >= 0.3 is 17.9 Å². The number of likely N-dealkylation sites (N-methyl/N-ethyl adjacent to an activating group) is 1. The molecule has 3 saturated heterocycles. The van der Waals surface area contributed by atoms with Gasteiger partial charge in [0.2, 0.25) is 5.43 Å². The van der Waals surface area contributed by atoms with Gasteiger partial charge in [0.05, 0.1) is 86.1 Å². The number of esters is 2. The molecule has 4 aliphatic rings. The van der Waals surface area contributed by atoms with Crippen molar-refractivity contribution in [2.45, 2.75) is 204 Å². The number of methoxy groups -OCH3 is 2. The van der Waals surface area contributed by atoms with Crippen LogP contribution in [-0.2, 0) is 61.8 Å². The number of aromatic carboxylic acids is 1. The van der Waals surface area contributed by atoms with Crippen molar-refractivity contribution < 1.29 is 91.4 Å². The van der Waals surface area contributed by atoms with E-state index in [1.54, 1.807) is 46.1 Å². The number of ether oxygens (including phenoxy) is 10. The van der Waals surface area contributed by atoms with Crippen LogP contribution in [0.4, 0.5) is 10.1 Å². The number of carbonyl (C=O) groups is 4. The number of nitrogens with one attached hydrogen (secondary N) is 1. The smallest absolute Gasteiger partial charge is 0.341 e. The fourth-order valence-corrected chi connectivity index (χ4v) is 12.0. The molecule has 1 aromatic heterocycles. The van der Waals surface area contributed by atoms with Gasteiger partial charge in [0.15, 0.2) is 18.7 Å². The van der Waals surface area contributed by atoms with Crippen molar-refractivity contribution in [2.75, 3.05) is 66.6 Å². The van der Waals surface area contributed by atoms with E-state index < -0.39 is 130 Å². The van der Waals surface area contributed by atoms with Crippen LogP contribution in [0.5, 0.6) is 0 Å². The van der Waals surface area contributed by atoms with E-state index in [2.05, 4.69) is 5.32 Å². The molecule has 1 saturated carbocycles. The zero-order valence-electron chi connectivity index (χ0n) is 49.6. The lowest BCUT2D eigenvalue weighted by molar-refractivity contribution is -0.320. The van der Waals surface area contributed by atoms with Crippen molar-refractivity contribution in [1.82, 2.24) is 9.47 Å². The Morgan fingerprint density at radius 2 is 1.52 bits per heavy atom. The van der Waals surface area contributed by atoms with Crippen molar-refractivity contribution in [2.24, 2.45) is 23.7 Å². The summed E-state index contributed by atoms with van der Waals surface area (Å²) in [6.07, 6.45) is -7.04. The van der Waals surface area contributed by atoms with Gasteiger partial charge in [-0.25, -0.2) is 9.18 Å². The highest BCUT2D eigenvalue weighted by atomic mass is 19.1. The minimum Gasteiger partial charge on any atom is -0.477 e. The van der Waals surface area contributed by atoms with E-state index in [4.69, 9.17) is 47.4 Å². The Kier molecular flexibility index (Phi) is 22.5. The van der Waals surface area contributed by atoms with E-state index in [-0.39, 0.29) is 93.7 Å². The van der Waals surface area contributed by atoms with Gasteiger partial charge in [-0.2, -0.15) is 0 Å². The number of hydrogen-bond acceptors (Lipinski definition) is 20. The summed E-state index contributed by atoms with van der Waals surface area (Å²) in [6, 6.07) is 2.25. The molecular weight excluding hydrogens is 1060 g/mol. The van der Waals surface area contributed by atoms with Gasteiger partial charge < -0.3 is 82.6 Å². The van der Waals surface area contributed by atoms with Crippen molar-refractivity contribution in [3.8, 4) is 0 Å². The van der Waals surface area contributed by atoms with Gasteiger partial charge in [-0.15, -0.1) is 0 Å². The second-order valence-electron chi connectivity index (χ2n) is 23.7. The summed E-state index contributed by atoms with van der Waals surface area (Å²) < 4.78 is 79.3. The first kappa shape index (κ1) is 65.9. The maximum Gasteiger partial charge on any atom is 0.341 e. The lowest BCUT2D eigenvalue weighted by Crippen LogP contribution is -2.61. The van der Waals surface area contributed by atoms with Gasteiger partial charge in [-0.05, 0) is 99.9 Å². The van der Waals surface area contributed by atoms with Gasteiger partial charge in [0, 0.05) is 68.6 Å². The molecule has 0 amide bonds. The SMILES string of the molecule is CC[C@H]1OC(=O)[C@H](C)[C@@H](O[C@H]2C[C@@](C)(OC)[C@@H](OC(=O)CCOCCOCCNc3cc4c(cc3F)c(=O)c(C(=O)O)cn4C3CC3)[C@H](C)O2)[C@H](C)[C@@H](O[C@@H]2O[C@H](C)C[C@H](N(C)C)[C@H]2O)[C@](C)(OC)C[C@@H](C)C(=O)[C@H](C)[C@@H](O)[C@]1(C)O. The zero-order valence-corrected chi connectivity index (χ0v) is 49.6. The van der Waals surface area contributed by atoms with E-state index in [9.17, 15) is 44.4 Å². The van der Waals surface area contributed by atoms with Crippen molar-refractivity contribution >= 4 is 40.3 Å². The largest absolute Gasteiger partial charge is 0.477 e. The van der Waals surface area contributed by atoms with Crippen LogP contribution in [0, 0.1) is 29.5 Å². The summed E-state index contributed by atoms with van der Waals surface area (Å²) in [5, 5.41) is 47.8. The minimum absolute atomic E-state index is 0.000492. The van der Waals surface area contributed by atoms with Gasteiger partial charge in [-0.3, -0.25) is 19.2 Å². The number of aliphatic hydroxyl groups is 3. The number of carboxylic acids is 1. The molecule has 5 N–H and O–H groups in total. The number of aromatic nitrogens is 1. The third-order valence-electron chi connectivity index (χ3n) is 17.2. The van der Waals surface area contributed by atoms with Crippen LogP contribution in [0.2, 0.25) is 0 Å². The van der Waals surface area contributed by atoms with Crippen molar-refractivity contribution in [3.05, 3.63) is 39.9 Å². The number of rotatable bonds is 21. The summed E-state index contributed by atoms with van der Waals surface area (Å²) in [5.41, 5.74) is -5.16. The molecule has 81 heavy (non-hydrogen) atoms. The summed E-state index contributed by atoms with van der Waals surface area (Å²) in [6.45, 7) is 17.5. The van der Waals surface area contributed by atoms with E-state index in [1.807, 2.05) is 32.8 Å². The van der Waals surface area contributed by atoms with Crippen LogP contribution < -0.4 is 10.7 Å². The normalized spacial score (nSPS) is 36.5. The number of hydrogen-bond donors (Lipinski definition) is 5. The molecule has 0 bridgehead atoms. The fourth-order valence-electron chi connectivity index (χ4n) is 12.0. The molecule has 4 heterocycles. The van der Waals surface area contributed by atoms with Crippen LogP contribution >= 0.6 is 0 Å². The standard InChI is InChI=1S/C58H90FN3O19/c1-15-43-58(10,71)50(67)32(4)46(64)30(2)27-56(8,72-13)51(81-55-48(66)42(61(11)12)24-31(3)76-55)33(5)49(34(6)54(70)78-43)80-45-28-57(9,73-14)52(35(7)77-45)79-44(63)18-20-74-22-23-75-21-19-60-40-26-41-37(25-39(40)59)47(65)38(53(68)69)29-62(41)36-16-17-36/h25-26,29-36,42-43,45,48-52,55,60,66-67,71H,15-24,27-28H2,1-14H3,(H,68,69)/t30-,31-,32+,33+,34-,35+,42+,43-,45+,48-,49+,50-,51-,52+,55+,56-,57-,58-/m1/s1. The average molecular weight is 1150 g/mol. The van der Waals surface area contributed by atoms with E-state index in [0.29, 0.717) is 11.9 Å². The lowest BCUT2D eigenvalue weighted by Gasteiger charge is -2.50. The van der Waals surface area contributed by atoms with Crippen molar-refractivity contribution in [1.29, 1.82) is 0 Å². The monoisotopic (exact) mass is 1150 g/mol. The van der Waals surface area contributed by atoms with Crippen LogP contribution in [0.3, 0.4) is 0 Å². The molecule has 2 aromatic rings. The highest BCUT2D eigenvalue weighted by molar-refractivity contribution is 5.93. The second kappa shape index (κ2) is 27.6. The molecule has 0 spiro atoms. The number of benzene rings is 1. The number of halogens is 1. The molecule has 0 unspecified atom stereocenters. The minimum atomic E-state index is -2.04. The number of aliphatic hydroxyl groups excluding tert-OH is 2. The average Bonchev–Trinajstić information content (AvgIpc) is 4.45. The number of nitrogens with zero attached hydrogens (tertiary/aromatic N) is 2. The molecule has 22 nitrogen and oxygen atoms in total. The molecule has 4 fully saturated rings. The first-order chi connectivity index (χ1) is 38.0. The summed E-state index contributed by atoms with van der Waals surface area (Å²) in [4.78, 5) is 68.6. The molecule has 6 rings (SSSR count). The molecule has 18 atom stereocenters. The van der Waals surface area contributed by atoms with E-state index >= 15 is 4.39 Å². The predicted octanol–water partition coefficient (Wildman–Crippen LogP) is 5.01. The van der Waals surface area contributed by atoms with Crippen LogP contribution in [0.15, 0.2) is 23.1 Å². The number of anilines is 1. The number of ketones is 1. The molecule has 3 aliphatic heterocycles. The first-order valence-electron chi connectivity index (χ1n) is 28.5. The molecule has 0 radical (unpaired) electrons. The molecular formula is C58H90FN3O19. The maximum absolute atomic E-state index is 15.1. The number of cyclic esters (lactones) is 1. The van der Waals surface area contributed by atoms with E-state index in [0.717, 1.165) is 18.9 Å². The summed E-state index contributed by atoms with van der Waals surface area (Å²) in [7, 11) is 6.67. The Labute approximate surface area is 474 Å². The fraction of sp³-hybridized carbons (Fsp3) is 0.776. The Morgan fingerprint density at radius 3 is 2.12 bits per heavy atom. The van der Waals surface area contributed by atoms with Crippen LogP contribution in [-0.4, -0.2) is 199 Å². The highest BCUT2D eigenvalue weighted by Crippen LogP contribution is 2.43. The molecule has 1 aliphatic carbocycles. The number of carboxylic acid groups (broad SMARTS) is 1. The highest BCUT2D eigenvalue weighted by Gasteiger charge is 2.55. The number of pyridine rings is 1. The number of Topliss-reactive ketones (excluding diaryl/α,β-unsaturated/α-hetero) is 1. The van der Waals surface area contributed by atoms with Crippen LogP contribution in [0.25, 0.3) is 10.9 Å². The maximum atomic E-state index is 15.1. The molecule has 1 aromatic carbocycles. The van der Waals surface area contributed by atoms with Gasteiger partial charge in [0.25, 0.3) is 0 Å². The quantitative estimate of drug-likeness (QED) is 0.0811. The van der Waals surface area contributed by atoms with Crippen molar-refractivity contribution in [3.63, 3.8) is 0 Å². The molecule has 458 valence electrons. The summed E-state index contributed by atoms with van der Waals surface area (Å²) in [5.74, 6) is -7.59. The molecule has 23 heteroatoms. The Hall–Kier alpha value is -4.24. The number of fused-ring (bicyclic) bond motifs is 1. The second-order valence-corrected chi connectivity index (χ2v) is 23.7. The lowest BCUT2D eigenvalue weighted by atomic mass is 9.74. The van der Waals surface area contributed by atoms with Gasteiger partial charge in [-0.1, -0.05) is 27.7 Å². The number of carbonyl (C=O) groups excluding carboxylic acids is 3. The van der Waals surface area contributed by atoms with Gasteiger partial charge in [0.1, 0.15) is 40.6 Å². The Balaban J connectivity index is 1.11. The van der Waals surface area contributed by atoms with Crippen LogP contribution in [0.1, 0.15) is 131 Å². The van der Waals surface area contributed by atoms with E-state index in [1.165, 1.54) is 40.3 Å². The Morgan fingerprint density at radius 1 is 0.877 bits per heavy atom. The zero-order chi connectivity index (χ0) is 60.1. The topological polar surface area (TPSA) is 279 Å². The third kappa shape index (κ3) is 15.2. The predicted molar refractivity (Wildman–Crippen MR) is 293 cm³/mol. The summed E-state index contributed by atoms with van der Waals surface area (Å²) >= 11 is 0. The third-order valence-corrected chi connectivity index (χ3v) is 17.2. The Bertz CT molecular complexity index is 2550. The first-order valence-corrected chi connectivity index (χ1v) is 28.5.